The number of para-hydroxylation sites is 1. The molecule has 2 N–H and O–H groups in total. The molecular weight excluding hydrogens is 250 g/mol. The first-order valence-corrected chi connectivity index (χ1v) is 6.90. The van der Waals surface area contributed by atoms with Crippen LogP contribution in [0.4, 0.5) is 5.69 Å². The van der Waals surface area contributed by atoms with E-state index >= 15 is 0 Å². The fourth-order valence-corrected chi connectivity index (χ4v) is 2.08. The van der Waals surface area contributed by atoms with E-state index in [9.17, 15) is 0 Å². The maximum atomic E-state index is 5.98. The normalized spacial score (nSPS) is 10.6. The van der Waals surface area contributed by atoms with Crippen LogP contribution in [-0.4, -0.2) is 6.61 Å². The van der Waals surface area contributed by atoms with Gasteiger partial charge in [-0.1, -0.05) is 32.0 Å². The van der Waals surface area contributed by atoms with Crippen molar-refractivity contribution in [3.63, 3.8) is 0 Å². The zero-order valence-corrected chi connectivity index (χ0v) is 12.2. The molecule has 0 radical (unpaired) electrons. The third-order valence-corrected chi connectivity index (χ3v) is 2.98. The molecule has 0 aliphatic carbocycles. The van der Waals surface area contributed by atoms with Crippen LogP contribution in [0.3, 0.4) is 0 Å². The minimum absolute atomic E-state index is 0.402. The second-order valence-electron chi connectivity index (χ2n) is 4.97. The molecule has 0 amide bonds. The summed E-state index contributed by atoms with van der Waals surface area (Å²) in [6.45, 7) is 6.84. The van der Waals surface area contributed by atoms with E-state index in [-0.39, 0.29) is 0 Å². The monoisotopic (exact) mass is 271 g/mol. The van der Waals surface area contributed by atoms with Gasteiger partial charge in [0.15, 0.2) is 0 Å². The molecule has 2 aromatic carbocycles. The first-order chi connectivity index (χ1) is 9.60. The molecular formula is C17H21NO2. The Bertz CT molecular complexity index is 579. The van der Waals surface area contributed by atoms with Crippen molar-refractivity contribution in [2.75, 3.05) is 12.3 Å². The molecule has 0 saturated heterocycles. The lowest BCUT2D eigenvalue weighted by molar-refractivity contribution is 0.338. The molecule has 0 fully saturated rings. The maximum Gasteiger partial charge on any atom is 0.133 e. The van der Waals surface area contributed by atoms with Crippen molar-refractivity contribution < 1.29 is 9.47 Å². The number of hydrogen-bond acceptors (Lipinski definition) is 3. The second kappa shape index (κ2) is 6.33. The van der Waals surface area contributed by atoms with Crippen molar-refractivity contribution in [1.29, 1.82) is 0 Å². The first kappa shape index (κ1) is 14.3. The molecule has 0 aliphatic rings. The molecule has 0 heterocycles. The molecule has 0 atom stereocenters. The molecule has 0 unspecified atom stereocenters. The van der Waals surface area contributed by atoms with Gasteiger partial charge in [0.2, 0.25) is 0 Å². The Labute approximate surface area is 120 Å². The number of rotatable bonds is 5. The van der Waals surface area contributed by atoms with E-state index in [0.29, 0.717) is 24.0 Å². The maximum absolute atomic E-state index is 5.98. The third kappa shape index (κ3) is 3.44. The van der Waals surface area contributed by atoms with Gasteiger partial charge in [-0.05, 0) is 24.5 Å². The Morgan fingerprint density at radius 3 is 2.45 bits per heavy atom. The van der Waals surface area contributed by atoms with Crippen LogP contribution in [0.2, 0.25) is 0 Å². The topological polar surface area (TPSA) is 44.5 Å². The smallest absolute Gasteiger partial charge is 0.133 e. The van der Waals surface area contributed by atoms with Crippen LogP contribution >= 0.6 is 0 Å². The largest absolute Gasteiger partial charge is 0.494 e. The van der Waals surface area contributed by atoms with Crippen molar-refractivity contribution >= 4 is 5.69 Å². The fraction of sp³-hybridized carbons (Fsp3) is 0.294. The molecule has 106 valence electrons. The van der Waals surface area contributed by atoms with Crippen LogP contribution in [0.15, 0.2) is 42.5 Å². The highest BCUT2D eigenvalue weighted by Crippen LogP contribution is 2.33. The molecule has 0 saturated carbocycles. The van der Waals surface area contributed by atoms with Gasteiger partial charge in [-0.3, -0.25) is 0 Å². The fourth-order valence-electron chi connectivity index (χ4n) is 2.08. The molecule has 0 aromatic heterocycles. The van der Waals surface area contributed by atoms with Gasteiger partial charge in [0, 0.05) is 23.9 Å². The number of ether oxygens (including phenoxy) is 2. The molecule has 0 aliphatic heterocycles. The average Bonchev–Trinajstić information content (AvgIpc) is 2.38. The lowest BCUT2D eigenvalue weighted by Gasteiger charge is -2.14. The summed E-state index contributed by atoms with van der Waals surface area (Å²) in [4.78, 5) is 0. The minimum atomic E-state index is 0.402. The van der Waals surface area contributed by atoms with Gasteiger partial charge in [0.25, 0.3) is 0 Å². The summed E-state index contributed by atoms with van der Waals surface area (Å²) in [5, 5.41) is 0. The van der Waals surface area contributed by atoms with Crippen LogP contribution in [0.25, 0.3) is 0 Å². The number of nitrogens with two attached hydrogens (primary N) is 1. The summed E-state index contributed by atoms with van der Waals surface area (Å²) in [6.07, 6.45) is 0. The summed E-state index contributed by atoms with van der Waals surface area (Å²) < 4.78 is 11.5. The Morgan fingerprint density at radius 2 is 1.75 bits per heavy atom. The van der Waals surface area contributed by atoms with E-state index in [1.807, 2.05) is 31.2 Å². The van der Waals surface area contributed by atoms with Gasteiger partial charge >= 0.3 is 0 Å². The van der Waals surface area contributed by atoms with E-state index in [2.05, 4.69) is 19.9 Å². The Morgan fingerprint density at radius 1 is 1.05 bits per heavy atom. The van der Waals surface area contributed by atoms with Gasteiger partial charge in [-0.25, -0.2) is 0 Å². The third-order valence-electron chi connectivity index (χ3n) is 2.98. The van der Waals surface area contributed by atoms with Crippen LogP contribution in [-0.2, 0) is 0 Å². The Hall–Kier alpha value is -2.16. The second-order valence-corrected chi connectivity index (χ2v) is 4.97. The van der Waals surface area contributed by atoms with E-state index in [0.717, 1.165) is 11.5 Å². The standard InChI is InChI=1S/C17H21NO2/c1-4-19-14-9-13(18)10-15(11-14)20-17-8-6-5-7-16(17)12(2)3/h5-12H,4,18H2,1-3H3. The summed E-state index contributed by atoms with van der Waals surface area (Å²) in [5.74, 6) is 2.68. The summed E-state index contributed by atoms with van der Waals surface area (Å²) >= 11 is 0. The highest BCUT2D eigenvalue weighted by molar-refractivity contribution is 5.52. The quantitative estimate of drug-likeness (QED) is 0.809. The van der Waals surface area contributed by atoms with E-state index in [1.54, 1.807) is 12.1 Å². The highest BCUT2D eigenvalue weighted by atomic mass is 16.5. The Balaban J connectivity index is 2.30. The van der Waals surface area contributed by atoms with Gasteiger partial charge in [0.05, 0.1) is 6.61 Å². The summed E-state index contributed by atoms with van der Waals surface area (Å²) in [7, 11) is 0. The predicted molar refractivity (Wildman–Crippen MR) is 82.6 cm³/mol. The first-order valence-electron chi connectivity index (χ1n) is 6.90. The molecule has 2 aromatic rings. The number of anilines is 1. The van der Waals surface area contributed by atoms with Crippen LogP contribution in [0.5, 0.6) is 17.2 Å². The van der Waals surface area contributed by atoms with Crippen molar-refractivity contribution in [2.24, 2.45) is 0 Å². The molecule has 0 spiro atoms. The predicted octanol–water partition coefficient (Wildman–Crippen LogP) is 4.58. The SMILES string of the molecule is CCOc1cc(N)cc(Oc2ccccc2C(C)C)c1. The van der Waals surface area contributed by atoms with Gasteiger partial charge in [-0.15, -0.1) is 0 Å². The van der Waals surface area contributed by atoms with E-state index in [4.69, 9.17) is 15.2 Å². The molecule has 2 rings (SSSR count). The average molecular weight is 271 g/mol. The number of benzene rings is 2. The summed E-state index contributed by atoms with van der Waals surface area (Å²) in [5.41, 5.74) is 7.69. The van der Waals surface area contributed by atoms with Gasteiger partial charge < -0.3 is 15.2 Å². The van der Waals surface area contributed by atoms with E-state index < -0.39 is 0 Å². The molecule has 20 heavy (non-hydrogen) atoms. The van der Waals surface area contributed by atoms with Crippen molar-refractivity contribution in [1.82, 2.24) is 0 Å². The van der Waals surface area contributed by atoms with Crippen LogP contribution in [0, 0.1) is 0 Å². The van der Waals surface area contributed by atoms with Gasteiger partial charge in [-0.2, -0.15) is 0 Å². The van der Waals surface area contributed by atoms with Crippen LogP contribution in [0.1, 0.15) is 32.3 Å². The molecule has 3 heteroatoms. The number of nitrogen functional groups attached to an aromatic ring is 1. The molecule has 3 nitrogen and oxygen atoms in total. The summed E-state index contributed by atoms with van der Waals surface area (Å²) in [6, 6.07) is 13.5. The van der Waals surface area contributed by atoms with Crippen molar-refractivity contribution in [3.8, 4) is 17.2 Å². The Kier molecular flexibility index (Phi) is 4.51. The zero-order valence-electron chi connectivity index (χ0n) is 12.2. The van der Waals surface area contributed by atoms with Crippen molar-refractivity contribution in [3.05, 3.63) is 48.0 Å². The highest BCUT2D eigenvalue weighted by Gasteiger charge is 2.09. The zero-order chi connectivity index (χ0) is 14.5. The van der Waals surface area contributed by atoms with Crippen LogP contribution < -0.4 is 15.2 Å². The van der Waals surface area contributed by atoms with Gasteiger partial charge in [0.1, 0.15) is 17.2 Å². The minimum Gasteiger partial charge on any atom is -0.494 e. The van der Waals surface area contributed by atoms with Crippen molar-refractivity contribution in [2.45, 2.75) is 26.7 Å². The van der Waals surface area contributed by atoms with E-state index in [1.165, 1.54) is 5.56 Å². The lowest BCUT2D eigenvalue weighted by Crippen LogP contribution is -1.97. The number of hydrogen-bond donors (Lipinski definition) is 1. The lowest BCUT2D eigenvalue weighted by atomic mass is 10.0. The molecule has 0 bridgehead atoms.